The first-order chi connectivity index (χ1) is 9.52. The minimum atomic E-state index is -0.385. The first kappa shape index (κ1) is 14.8. The van der Waals surface area contributed by atoms with Gasteiger partial charge in [-0.2, -0.15) is 0 Å². The van der Waals surface area contributed by atoms with Gasteiger partial charge < -0.3 is 15.0 Å². The van der Waals surface area contributed by atoms with Gasteiger partial charge in [0, 0.05) is 38.7 Å². The number of hydrogen-bond acceptors (Lipinski definition) is 3. The number of methoxy groups -OCH3 is 1. The molecule has 2 atom stereocenters. The van der Waals surface area contributed by atoms with E-state index >= 15 is 0 Å². The highest BCUT2D eigenvalue weighted by atomic mass is 19.1. The molecule has 0 radical (unpaired) electrons. The molecule has 0 spiro atoms. The smallest absolute Gasteiger partial charge is 0.251 e. The van der Waals surface area contributed by atoms with Gasteiger partial charge in [-0.05, 0) is 31.0 Å². The van der Waals surface area contributed by atoms with Crippen LogP contribution in [0.1, 0.15) is 23.2 Å². The van der Waals surface area contributed by atoms with Gasteiger partial charge in [0.1, 0.15) is 5.82 Å². The van der Waals surface area contributed by atoms with Crippen molar-refractivity contribution in [3.63, 3.8) is 0 Å². The fourth-order valence-corrected chi connectivity index (χ4v) is 2.44. The molecule has 1 amide bonds. The van der Waals surface area contributed by atoms with Gasteiger partial charge in [-0.15, -0.1) is 0 Å². The average molecular weight is 280 g/mol. The summed E-state index contributed by atoms with van der Waals surface area (Å²) in [5.41, 5.74) is 0.832. The minimum absolute atomic E-state index is 0.138. The Morgan fingerprint density at radius 3 is 2.70 bits per heavy atom. The van der Waals surface area contributed by atoms with Crippen LogP contribution in [0.4, 0.5) is 10.1 Å². The summed E-state index contributed by atoms with van der Waals surface area (Å²) < 4.78 is 19.0. The topological polar surface area (TPSA) is 41.6 Å². The summed E-state index contributed by atoms with van der Waals surface area (Å²) in [5, 5.41) is 2.94. The highest BCUT2D eigenvalue weighted by Gasteiger charge is 2.32. The fourth-order valence-electron chi connectivity index (χ4n) is 2.44. The van der Waals surface area contributed by atoms with Crippen molar-refractivity contribution in [2.45, 2.75) is 18.9 Å². The third-order valence-corrected chi connectivity index (χ3v) is 3.81. The van der Waals surface area contributed by atoms with E-state index in [0.29, 0.717) is 23.8 Å². The van der Waals surface area contributed by atoms with Crippen LogP contribution in [-0.2, 0) is 4.74 Å². The third-order valence-electron chi connectivity index (χ3n) is 3.81. The monoisotopic (exact) mass is 280 g/mol. The molecule has 1 aromatic rings. The van der Waals surface area contributed by atoms with Crippen LogP contribution in [0.25, 0.3) is 0 Å². The van der Waals surface area contributed by atoms with Crippen molar-refractivity contribution < 1.29 is 13.9 Å². The number of ether oxygens (including phenoxy) is 1. The molecule has 1 fully saturated rings. The number of halogens is 1. The summed E-state index contributed by atoms with van der Waals surface area (Å²) in [6.45, 7) is 0.652. The van der Waals surface area contributed by atoms with Crippen LogP contribution in [-0.4, -0.2) is 39.8 Å². The zero-order chi connectivity index (χ0) is 14.7. The zero-order valence-corrected chi connectivity index (χ0v) is 12.1. The van der Waals surface area contributed by atoms with Gasteiger partial charge in [-0.3, -0.25) is 4.79 Å². The number of carbonyl (C=O) groups excluding carboxylic acids is 1. The molecule has 1 aromatic carbocycles. The van der Waals surface area contributed by atoms with Crippen molar-refractivity contribution in [2.75, 3.05) is 32.7 Å². The lowest BCUT2D eigenvalue weighted by Gasteiger charge is -2.36. The number of benzene rings is 1. The normalized spacial score (nSPS) is 21.2. The van der Waals surface area contributed by atoms with Gasteiger partial charge in [0.2, 0.25) is 0 Å². The third kappa shape index (κ3) is 3.10. The fraction of sp³-hybridized carbons (Fsp3) is 0.533. The van der Waals surface area contributed by atoms with Gasteiger partial charge in [0.05, 0.1) is 12.3 Å². The second-order valence-corrected chi connectivity index (χ2v) is 5.43. The summed E-state index contributed by atoms with van der Waals surface area (Å²) in [6, 6.07) is 4.70. The molecule has 0 bridgehead atoms. The lowest BCUT2D eigenvalue weighted by atomic mass is 9.80. The van der Waals surface area contributed by atoms with Crippen LogP contribution in [0.15, 0.2) is 18.2 Å². The Morgan fingerprint density at radius 1 is 1.45 bits per heavy atom. The molecule has 1 N–H and O–H groups in total. The van der Waals surface area contributed by atoms with E-state index in [2.05, 4.69) is 5.32 Å². The van der Waals surface area contributed by atoms with Gasteiger partial charge in [0.25, 0.3) is 5.91 Å². The molecule has 0 heterocycles. The van der Waals surface area contributed by atoms with E-state index in [0.717, 1.165) is 12.8 Å². The molecule has 0 aromatic heterocycles. The van der Waals surface area contributed by atoms with Crippen molar-refractivity contribution in [3.8, 4) is 0 Å². The Balaban J connectivity index is 2.01. The summed E-state index contributed by atoms with van der Waals surface area (Å²) in [6.07, 6.45) is 2.02. The zero-order valence-electron chi connectivity index (χ0n) is 12.1. The van der Waals surface area contributed by atoms with E-state index in [1.54, 1.807) is 38.2 Å². The van der Waals surface area contributed by atoms with Crippen LogP contribution in [0, 0.1) is 11.7 Å². The van der Waals surface area contributed by atoms with E-state index in [4.69, 9.17) is 4.74 Å². The highest BCUT2D eigenvalue weighted by molar-refractivity contribution is 5.94. The maximum Gasteiger partial charge on any atom is 0.251 e. The van der Waals surface area contributed by atoms with Crippen molar-refractivity contribution in [1.82, 2.24) is 5.32 Å². The van der Waals surface area contributed by atoms with Crippen LogP contribution in [0.2, 0.25) is 0 Å². The predicted molar refractivity (Wildman–Crippen MR) is 76.6 cm³/mol. The number of rotatable bonds is 5. The Labute approximate surface area is 118 Å². The molecular formula is C15H21FN2O2. The van der Waals surface area contributed by atoms with Crippen molar-refractivity contribution >= 4 is 11.6 Å². The van der Waals surface area contributed by atoms with Crippen molar-refractivity contribution in [3.05, 3.63) is 29.6 Å². The van der Waals surface area contributed by atoms with Crippen LogP contribution in [0.5, 0.6) is 0 Å². The highest BCUT2D eigenvalue weighted by Crippen LogP contribution is 2.28. The molecule has 20 heavy (non-hydrogen) atoms. The van der Waals surface area contributed by atoms with E-state index in [9.17, 15) is 9.18 Å². The maximum absolute atomic E-state index is 13.9. The summed E-state index contributed by atoms with van der Waals surface area (Å²) in [5.74, 6) is -0.237. The number of amides is 1. The first-order valence-electron chi connectivity index (χ1n) is 6.79. The first-order valence-corrected chi connectivity index (χ1v) is 6.79. The number of nitrogens with one attached hydrogen (secondary N) is 1. The van der Waals surface area contributed by atoms with Gasteiger partial charge in [-0.1, -0.05) is 0 Å². The minimum Gasteiger partial charge on any atom is -0.384 e. The summed E-state index contributed by atoms with van der Waals surface area (Å²) in [4.78, 5) is 13.8. The SMILES string of the molecule is COC[C@H]1CC[C@H]1NC(=O)c1ccc(N(C)C)c(F)c1. The molecule has 0 saturated heterocycles. The van der Waals surface area contributed by atoms with E-state index < -0.39 is 0 Å². The van der Waals surface area contributed by atoms with Crippen LogP contribution in [0.3, 0.4) is 0 Å². The second kappa shape index (κ2) is 6.22. The molecule has 2 rings (SSSR count). The Bertz CT molecular complexity index is 491. The molecule has 110 valence electrons. The molecular weight excluding hydrogens is 259 g/mol. The Hall–Kier alpha value is -1.62. The molecule has 1 aliphatic rings. The number of anilines is 1. The van der Waals surface area contributed by atoms with Crippen LogP contribution >= 0.6 is 0 Å². The van der Waals surface area contributed by atoms with E-state index in [1.807, 2.05) is 0 Å². The van der Waals surface area contributed by atoms with Gasteiger partial charge in [-0.25, -0.2) is 4.39 Å². The number of carbonyl (C=O) groups is 1. The summed E-state index contributed by atoms with van der Waals surface area (Å²) in [7, 11) is 5.19. The second-order valence-electron chi connectivity index (χ2n) is 5.43. The Kier molecular flexibility index (Phi) is 4.60. The van der Waals surface area contributed by atoms with E-state index in [1.165, 1.54) is 6.07 Å². The number of hydrogen-bond donors (Lipinski definition) is 1. The standard InChI is InChI=1S/C15H21FN2O2/c1-18(2)14-7-5-10(8-12(14)16)15(19)17-13-6-4-11(13)9-20-3/h5,7-8,11,13H,4,6,9H2,1-3H3,(H,17,19)/t11-,13-/m1/s1. The lowest BCUT2D eigenvalue weighted by Crippen LogP contribution is -2.48. The number of nitrogens with zero attached hydrogens (tertiary/aromatic N) is 1. The van der Waals surface area contributed by atoms with Gasteiger partial charge >= 0.3 is 0 Å². The molecule has 1 saturated carbocycles. The largest absolute Gasteiger partial charge is 0.384 e. The Morgan fingerprint density at radius 2 is 2.20 bits per heavy atom. The van der Waals surface area contributed by atoms with Crippen molar-refractivity contribution in [1.29, 1.82) is 0 Å². The molecule has 1 aliphatic carbocycles. The molecule has 4 nitrogen and oxygen atoms in total. The quantitative estimate of drug-likeness (QED) is 0.897. The van der Waals surface area contributed by atoms with Crippen LogP contribution < -0.4 is 10.2 Å². The molecule has 0 unspecified atom stereocenters. The van der Waals surface area contributed by atoms with E-state index in [-0.39, 0.29) is 17.8 Å². The van der Waals surface area contributed by atoms with Gasteiger partial charge in [0.15, 0.2) is 0 Å². The summed E-state index contributed by atoms with van der Waals surface area (Å²) >= 11 is 0. The molecule has 5 heteroatoms. The molecule has 0 aliphatic heterocycles. The van der Waals surface area contributed by atoms with Crippen molar-refractivity contribution in [2.24, 2.45) is 5.92 Å². The lowest BCUT2D eigenvalue weighted by molar-refractivity contribution is 0.0670. The average Bonchev–Trinajstić information content (AvgIpc) is 2.40. The predicted octanol–water partition coefficient (Wildman–Crippen LogP) is 2.05. The maximum atomic E-state index is 13.9.